The minimum absolute atomic E-state index is 0.174. The van der Waals surface area contributed by atoms with E-state index in [9.17, 15) is 13.2 Å². The second-order valence-electron chi connectivity index (χ2n) is 2.74. The molecule has 1 aliphatic carbocycles. The van der Waals surface area contributed by atoms with E-state index < -0.39 is 16.2 Å². The van der Waals surface area contributed by atoms with E-state index >= 15 is 0 Å². The summed E-state index contributed by atoms with van der Waals surface area (Å²) in [4.78, 5) is 14.8. The van der Waals surface area contributed by atoms with Crippen molar-refractivity contribution in [3.05, 3.63) is 23.8 Å². The Balaban J connectivity index is 2.90. The molecule has 0 saturated carbocycles. The lowest BCUT2D eigenvalue weighted by Crippen LogP contribution is -2.24. The highest BCUT2D eigenvalue weighted by molar-refractivity contribution is 7.73. The first-order valence-electron chi connectivity index (χ1n) is 3.98. The Morgan fingerprint density at radius 3 is 2.40 bits per heavy atom. The first-order chi connectivity index (χ1) is 7.00. The van der Waals surface area contributed by atoms with Gasteiger partial charge in [0.2, 0.25) is 10.3 Å². The number of hydrogen-bond donors (Lipinski definition) is 2. The van der Waals surface area contributed by atoms with Crippen LogP contribution in [0.5, 0.6) is 0 Å². The average molecular weight is 227 g/mol. The summed E-state index contributed by atoms with van der Waals surface area (Å²) >= 11 is 0. The number of hydrogen-bond acceptors (Lipinski definition) is 3. The number of nitrogens with two attached hydrogens (primary N) is 2. The van der Waals surface area contributed by atoms with Crippen LogP contribution in [0.25, 0.3) is 0 Å². The summed E-state index contributed by atoms with van der Waals surface area (Å²) < 4.78 is 21.1. The fraction of sp³-hybridized carbons (Fsp3) is 0.125. The second-order valence-corrected chi connectivity index (χ2v) is 3.73. The Morgan fingerprint density at radius 1 is 1.33 bits per heavy atom. The number of nitrogens with zero attached hydrogens (tertiary/aromatic N) is 1. The molecule has 1 aliphatic rings. The molecule has 0 spiro atoms. The van der Waals surface area contributed by atoms with E-state index in [1.807, 2.05) is 0 Å². The molecule has 0 saturated heterocycles. The molecule has 0 fully saturated rings. The van der Waals surface area contributed by atoms with E-state index in [2.05, 4.69) is 4.99 Å². The average Bonchev–Trinajstić information content (AvgIpc) is 2.17. The van der Waals surface area contributed by atoms with Crippen molar-refractivity contribution in [2.75, 3.05) is 0 Å². The first kappa shape index (κ1) is 11.2. The van der Waals surface area contributed by atoms with E-state index in [4.69, 9.17) is 11.5 Å². The molecule has 1 amide bonds. The van der Waals surface area contributed by atoms with Crippen LogP contribution in [0.2, 0.25) is 0 Å². The van der Waals surface area contributed by atoms with Crippen molar-refractivity contribution >= 4 is 27.0 Å². The Hall–Kier alpha value is -1.89. The molecule has 0 atom stereocenters. The van der Waals surface area contributed by atoms with Gasteiger partial charge in [0.1, 0.15) is 0 Å². The minimum Gasteiger partial charge on any atom is -0.370 e. The predicted molar refractivity (Wildman–Crippen MR) is 56.6 cm³/mol. The number of carbonyl (C=O) groups excluding carboxylic acids is 1. The third-order valence-corrected chi connectivity index (χ3v) is 2.39. The summed E-state index contributed by atoms with van der Waals surface area (Å²) in [6, 6.07) is 0. The van der Waals surface area contributed by atoms with Gasteiger partial charge in [-0.05, 0) is 12.2 Å². The van der Waals surface area contributed by atoms with Gasteiger partial charge in [-0.15, -0.1) is 0 Å². The zero-order valence-electron chi connectivity index (χ0n) is 7.67. The van der Waals surface area contributed by atoms with Crippen LogP contribution in [0.15, 0.2) is 28.8 Å². The number of carbonyl (C=O) groups is 1. The van der Waals surface area contributed by atoms with Gasteiger partial charge in [0.05, 0.1) is 4.86 Å². The highest BCUT2D eigenvalue weighted by Crippen LogP contribution is 2.09. The summed E-state index contributed by atoms with van der Waals surface area (Å²) in [6.45, 7) is 0. The van der Waals surface area contributed by atoms with Gasteiger partial charge in [-0.3, -0.25) is 4.79 Å². The normalized spacial score (nSPS) is 14.4. The van der Waals surface area contributed by atoms with Gasteiger partial charge in [0, 0.05) is 12.0 Å². The number of aliphatic imine (C=N–C) groups is 1. The Labute approximate surface area is 87.5 Å². The summed E-state index contributed by atoms with van der Waals surface area (Å²) in [6.07, 6.45) is 4.34. The molecule has 7 heteroatoms. The highest BCUT2D eigenvalue weighted by atomic mass is 32.2. The lowest BCUT2D eigenvalue weighted by atomic mass is 10.1. The second kappa shape index (κ2) is 4.56. The van der Waals surface area contributed by atoms with Gasteiger partial charge in [-0.25, -0.2) is 0 Å². The van der Waals surface area contributed by atoms with Crippen LogP contribution in [-0.2, 0) is 15.1 Å². The van der Waals surface area contributed by atoms with E-state index in [0.717, 1.165) is 0 Å². The SMILES string of the molecule is NC(N)=NC(=O)C1=CCC(=S(=O)=O)C=C1. The fourth-order valence-corrected chi connectivity index (χ4v) is 1.39. The first-order valence-corrected chi connectivity index (χ1v) is 5.05. The third-order valence-electron chi connectivity index (χ3n) is 1.66. The van der Waals surface area contributed by atoms with Gasteiger partial charge in [0.25, 0.3) is 5.91 Å². The maximum atomic E-state index is 11.3. The zero-order chi connectivity index (χ0) is 11.4. The fourth-order valence-electron chi connectivity index (χ4n) is 0.993. The van der Waals surface area contributed by atoms with E-state index in [1.54, 1.807) is 0 Å². The Morgan fingerprint density at radius 2 is 2.00 bits per heavy atom. The summed E-state index contributed by atoms with van der Waals surface area (Å²) in [5.41, 5.74) is 10.3. The lowest BCUT2D eigenvalue weighted by molar-refractivity contribution is -0.114. The zero-order valence-corrected chi connectivity index (χ0v) is 8.49. The van der Waals surface area contributed by atoms with Crippen molar-refractivity contribution in [3.63, 3.8) is 0 Å². The molecule has 0 unspecified atom stereocenters. The topological polar surface area (TPSA) is 116 Å². The lowest BCUT2D eigenvalue weighted by Gasteiger charge is -2.02. The largest absolute Gasteiger partial charge is 0.370 e. The van der Waals surface area contributed by atoms with Crippen molar-refractivity contribution in [2.45, 2.75) is 6.42 Å². The minimum atomic E-state index is -2.25. The monoisotopic (exact) mass is 227 g/mol. The molecule has 0 heterocycles. The highest BCUT2D eigenvalue weighted by Gasteiger charge is 2.10. The molecule has 15 heavy (non-hydrogen) atoms. The van der Waals surface area contributed by atoms with E-state index in [1.165, 1.54) is 18.2 Å². The van der Waals surface area contributed by atoms with Gasteiger partial charge < -0.3 is 11.5 Å². The molecule has 0 radical (unpaired) electrons. The number of guanidine groups is 1. The van der Waals surface area contributed by atoms with Crippen LogP contribution < -0.4 is 11.5 Å². The number of allylic oxidation sites excluding steroid dienone is 2. The third kappa shape index (κ3) is 3.06. The van der Waals surface area contributed by atoms with Crippen molar-refractivity contribution in [3.8, 4) is 0 Å². The molecule has 6 nitrogen and oxygen atoms in total. The quantitative estimate of drug-likeness (QED) is 0.329. The summed E-state index contributed by atoms with van der Waals surface area (Å²) in [5, 5.41) is 0. The molecule has 0 aromatic rings. The van der Waals surface area contributed by atoms with Gasteiger partial charge >= 0.3 is 0 Å². The Kier molecular flexibility index (Phi) is 3.40. The van der Waals surface area contributed by atoms with Crippen molar-refractivity contribution in [1.29, 1.82) is 0 Å². The molecule has 1 rings (SSSR count). The predicted octanol–water partition coefficient (Wildman–Crippen LogP) is -1.28. The van der Waals surface area contributed by atoms with Crippen LogP contribution >= 0.6 is 0 Å². The smallest absolute Gasteiger partial charge is 0.279 e. The molecular weight excluding hydrogens is 218 g/mol. The van der Waals surface area contributed by atoms with Gasteiger partial charge in [-0.2, -0.15) is 13.4 Å². The molecule has 0 aromatic heterocycles. The van der Waals surface area contributed by atoms with Gasteiger partial charge in [0.15, 0.2) is 5.96 Å². The molecule has 0 bridgehead atoms. The Bertz CT molecular complexity index is 499. The van der Waals surface area contributed by atoms with E-state index in [-0.39, 0.29) is 22.8 Å². The van der Waals surface area contributed by atoms with Crippen molar-refractivity contribution in [1.82, 2.24) is 0 Å². The molecular formula is C8H9N3O3S. The van der Waals surface area contributed by atoms with Gasteiger partial charge in [-0.1, -0.05) is 6.08 Å². The molecule has 80 valence electrons. The van der Waals surface area contributed by atoms with Crippen LogP contribution in [0, 0.1) is 0 Å². The standard InChI is InChI=1S/C8H9N3O3S/c9-8(10)11-7(12)5-1-3-6(4-2-5)15(13)14/h1-3H,4H2,(H4,9,10,11,12). The van der Waals surface area contributed by atoms with Crippen LogP contribution in [0.4, 0.5) is 0 Å². The maximum Gasteiger partial charge on any atom is 0.279 e. The summed E-state index contributed by atoms with van der Waals surface area (Å²) in [5.74, 6) is -0.904. The van der Waals surface area contributed by atoms with Crippen molar-refractivity contribution in [2.24, 2.45) is 16.5 Å². The maximum absolute atomic E-state index is 11.3. The molecule has 4 N–H and O–H groups in total. The van der Waals surface area contributed by atoms with Crippen molar-refractivity contribution < 1.29 is 13.2 Å². The summed E-state index contributed by atoms with van der Waals surface area (Å²) in [7, 11) is -2.25. The van der Waals surface area contributed by atoms with E-state index in [0.29, 0.717) is 0 Å². The molecule has 0 aromatic carbocycles. The van der Waals surface area contributed by atoms with Crippen LogP contribution in [-0.4, -0.2) is 25.1 Å². The number of amides is 1. The van der Waals surface area contributed by atoms with Crippen LogP contribution in [0.3, 0.4) is 0 Å². The van der Waals surface area contributed by atoms with Crippen LogP contribution in [0.1, 0.15) is 6.42 Å². The molecule has 0 aliphatic heterocycles. The number of rotatable bonds is 1.